The van der Waals surface area contributed by atoms with Crippen molar-refractivity contribution in [2.24, 2.45) is 0 Å². The van der Waals surface area contributed by atoms with Gasteiger partial charge in [-0.05, 0) is 17.9 Å². The summed E-state index contributed by atoms with van der Waals surface area (Å²) in [5.41, 5.74) is 11.2. The quantitative estimate of drug-likeness (QED) is 0.100. The van der Waals surface area contributed by atoms with Gasteiger partial charge < -0.3 is 45.1 Å². The van der Waals surface area contributed by atoms with Gasteiger partial charge in [-0.2, -0.15) is 4.98 Å². The molecule has 3 saturated heterocycles. The van der Waals surface area contributed by atoms with E-state index in [1.54, 1.807) is 12.3 Å². The minimum absolute atomic E-state index is 0.0214. The van der Waals surface area contributed by atoms with E-state index in [2.05, 4.69) is 37.2 Å². The Labute approximate surface area is 261 Å². The number of hydrogen-bond acceptors (Lipinski definition) is 17. The van der Waals surface area contributed by atoms with Crippen molar-refractivity contribution in [3.05, 3.63) is 35.3 Å². The molecule has 24 heteroatoms. The number of aromatic amines is 1. The van der Waals surface area contributed by atoms with Gasteiger partial charge in [0.2, 0.25) is 5.95 Å². The second-order valence-corrected chi connectivity index (χ2v) is 15.9. The van der Waals surface area contributed by atoms with E-state index in [1.807, 2.05) is 0 Å². The number of imidazole rings is 1. The van der Waals surface area contributed by atoms with Crippen molar-refractivity contribution in [3.8, 4) is 0 Å². The Bertz CT molecular complexity index is 1940. The number of aliphatic hydroxyl groups excluding tert-OH is 2. The van der Waals surface area contributed by atoms with Gasteiger partial charge in [0.25, 0.3) is 5.56 Å². The maximum absolute atomic E-state index is 13.4. The molecular weight excluding hydrogens is 680 g/mol. The second-order valence-electron chi connectivity index (χ2n) is 10.3. The van der Waals surface area contributed by atoms with E-state index in [-0.39, 0.29) is 22.9 Å². The number of anilines is 2. The summed E-state index contributed by atoms with van der Waals surface area (Å²) in [5.74, 6) is -0.0154. The van der Waals surface area contributed by atoms with Gasteiger partial charge in [-0.1, -0.05) is 12.2 Å². The van der Waals surface area contributed by atoms with E-state index >= 15 is 0 Å². The third kappa shape index (κ3) is 5.58. The zero-order valence-electron chi connectivity index (χ0n) is 22.5. The smallest absolute Gasteiger partial charge is 0.386 e. The van der Waals surface area contributed by atoms with E-state index in [0.29, 0.717) is 11.0 Å². The van der Waals surface area contributed by atoms with Gasteiger partial charge >= 0.3 is 13.5 Å². The van der Waals surface area contributed by atoms with Gasteiger partial charge in [-0.3, -0.25) is 27.9 Å². The summed E-state index contributed by atoms with van der Waals surface area (Å²) in [6, 6.07) is 1.63. The first-order valence-corrected chi connectivity index (χ1v) is 18.4. The van der Waals surface area contributed by atoms with Crippen molar-refractivity contribution in [1.82, 2.24) is 34.1 Å². The number of aromatic nitrogens is 7. The first kappa shape index (κ1) is 31.1. The molecular formula is C21H25N9O11P2S2. The molecule has 3 fully saturated rings. The van der Waals surface area contributed by atoms with Crippen molar-refractivity contribution in [1.29, 1.82) is 0 Å². The van der Waals surface area contributed by atoms with Crippen LogP contribution < -0.4 is 17.0 Å². The van der Waals surface area contributed by atoms with Crippen molar-refractivity contribution in [2.75, 3.05) is 24.7 Å². The average Bonchev–Trinajstić information content (AvgIpc) is 3.72. The molecule has 242 valence electrons. The third-order valence-electron chi connectivity index (χ3n) is 7.47. The number of hydrogen-bond donors (Lipinski definition) is 7. The molecule has 4 aromatic rings. The molecule has 8 N–H and O–H groups in total. The molecule has 0 aliphatic carbocycles. The predicted octanol–water partition coefficient (Wildman–Crippen LogP) is -0.683. The number of nitrogens with zero attached hydrogens (tertiary/aromatic N) is 6. The SMILES string of the molecule is Nc1nc2c(ncn2[C@@H]2O[C@@H]3COP(=O)(S)O[C@@H]4C(O)[C@H](n5ccc6c(N)ncnc65)O[C@@H]4COP(O)(=S)O[C@H]2C3O)c(=O)[nH]1. The number of nitrogens with one attached hydrogen (secondary N) is 1. The fraction of sp³-hybridized carbons (Fsp3) is 0.476. The Morgan fingerprint density at radius 1 is 1.00 bits per heavy atom. The first-order valence-electron chi connectivity index (χ1n) is 13.1. The normalized spacial score (nSPS) is 37.7. The predicted molar refractivity (Wildman–Crippen MR) is 159 cm³/mol. The lowest BCUT2D eigenvalue weighted by atomic mass is 10.1. The zero-order chi connectivity index (χ0) is 31.8. The molecule has 20 nitrogen and oxygen atoms in total. The number of fused-ring (bicyclic) bond motifs is 5. The first-order chi connectivity index (χ1) is 21.3. The zero-order valence-corrected chi connectivity index (χ0v) is 26.0. The molecule has 0 amide bonds. The molecule has 0 spiro atoms. The van der Waals surface area contributed by atoms with E-state index in [4.69, 9.17) is 50.8 Å². The van der Waals surface area contributed by atoms with Crippen LogP contribution in [0, 0.1) is 0 Å². The van der Waals surface area contributed by atoms with Crippen LogP contribution in [0.2, 0.25) is 0 Å². The number of H-pyrrole nitrogens is 1. The number of ether oxygens (including phenoxy) is 2. The number of nitrogens with two attached hydrogens (primary N) is 2. The Hall–Kier alpha value is -2.56. The van der Waals surface area contributed by atoms with Crippen LogP contribution in [0.25, 0.3) is 22.2 Å². The van der Waals surface area contributed by atoms with Crippen molar-refractivity contribution >= 4 is 71.5 Å². The van der Waals surface area contributed by atoms with Crippen molar-refractivity contribution < 1.29 is 47.2 Å². The van der Waals surface area contributed by atoms with Crippen LogP contribution in [-0.4, -0.2) is 99.0 Å². The van der Waals surface area contributed by atoms with Gasteiger partial charge in [0.1, 0.15) is 54.4 Å². The van der Waals surface area contributed by atoms with Crippen LogP contribution >= 0.6 is 25.8 Å². The highest BCUT2D eigenvalue weighted by molar-refractivity contribution is 8.44. The van der Waals surface area contributed by atoms with Crippen molar-refractivity contribution in [3.63, 3.8) is 0 Å². The lowest BCUT2D eigenvalue weighted by molar-refractivity contribution is -0.0593. The molecule has 3 aliphatic heterocycles. The van der Waals surface area contributed by atoms with E-state index in [1.165, 1.54) is 21.8 Å². The third-order valence-corrected chi connectivity index (χ3v) is 10.6. The van der Waals surface area contributed by atoms with E-state index in [0.717, 1.165) is 0 Å². The molecule has 0 radical (unpaired) electrons. The van der Waals surface area contributed by atoms with Crippen LogP contribution in [0.1, 0.15) is 12.5 Å². The van der Waals surface area contributed by atoms with Gasteiger partial charge in [-0.25, -0.2) is 19.5 Å². The molecule has 2 bridgehead atoms. The Morgan fingerprint density at radius 2 is 1.76 bits per heavy atom. The molecule has 4 aromatic heterocycles. The lowest BCUT2D eigenvalue weighted by Gasteiger charge is -2.27. The van der Waals surface area contributed by atoms with Gasteiger partial charge in [-0.15, -0.1) is 0 Å². The van der Waals surface area contributed by atoms with Crippen LogP contribution in [0.15, 0.2) is 29.7 Å². The highest BCUT2D eigenvalue weighted by Gasteiger charge is 2.52. The van der Waals surface area contributed by atoms with Crippen LogP contribution in [-0.2, 0) is 43.9 Å². The Kier molecular flexibility index (Phi) is 7.80. The van der Waals surface area contributed by atoms with E-state index in [9.17, 15) is 24.5 Å². The summed E-state index contributed by atoms with van der Waals surface area (Å²) in [4.78, 5) is 42.0. The molecule has 7 rings (SSSR count). The monoisotopic (exact) mass is 705 g/mol. The Balaban J connectivity index is 1.21. The maximum Gasteiger partial charge on any atom is 0.386 e. The summed E-state index contributed by atoms with van der Waals surface area (Å²) < 4.78 is 50.6. The summed E-state index contributed by atoms with van der Waals surface area (Å²) in [6.45, 7) is -9.62. The number of aliphatic hydroxyl groups is 2. The molecule has 7 heterocycles. The summed E-state index contributed by atoms with van der Waals surface area (Å²) in [6.07, 6.45) is -6.78. The fourth-order valence-corrected chi connectivity index (χ4v) is 8.34. The molecule has 45 heavy (non-hydrogen) atoms. The number of thiol groups is 1. The van der Waals surface area contributed by atoms with Gasteiger partial charge in [0.15, 0.2) is 23.6 Å². The molecule has 0 saturated carbocycles. The highest BCUT2D eigenvalue weighted by Crippen LogP contribution is 2.58. The molecule has 4 unspecified atom stereocenters. The Morgan fingerprint density at radius 3 is 2.56 bits per heavy atom. The lowest BCUT2D eigenvalue weighted by Crippen LogP contribution is -2.36. The maximum atomic E-state index is 13.4. The largest absolute Gasteiger partial charge is 0.387 e. The molecule has 10 atom stereocenters. The topological polar surface area (TPSA) is 279 Å². The molecule has 3 aliphatic rings. The average molecular weight is 706 g/mol. The molecule has 0 aromatic carbocycles. The van der Waals surface area contributed by atoms with Crippen molar-refractivity contribution in [2.45, 2.75) is 49.1 Å². The number of rotatable bonds is 2. The van der Waals surface area contributed by atoms with Crippen LogP contribution in [0.5, 0.6) is 0 Å². The van der Waals surface area contributed by atoms with E-state index < -0.39 is 81.4 Å². The fourth-order valence-electron chi connectivity index (χ4n) is 5.44. The summed E-state index contributed by atoms with van der Waals surface area (Å²) >= 11 is 9.32. The number of nitrogen functional groups attached to an aromatic ring is 2. The summed E-state index contributed by atoms with van der Waals surface area (Å²) in [5, 5.41) is 22.9. The standard InChI is InChI=1S/C21H25N9O11P2S2/c22-15-7-1-2-29(16(7)25-5-24-15)19-12(32)13-9(39-19)4-37-43(35,45)41-14-11(31)8(3-36-42(34,44)40-13)38-20(14)30-6-26-10-17(30)27-21(23)28-18(10)33/h1-2,5-6,8-9,11-14,19-20,31-32H,3-4H2,(H,34,44)(H,35,45)(H2,22,24,25)(H3,23,27,28,33)/t8-,9-,11?,12?,13+,14+,19-,20-,42?,43?/m1/s1. The minimum Gasteiger partial charge on any atom is -0.387 e. The van der Waals surface area contributed by atoms with Crippen LogP contribution in [0.3, 0.4) is 0 Å². The van der Waals surface area contributed by atoms with Gasteiger partial charge in [0.05, 0.1) is 24.9 Å². The second kappa shape index (κ2) is 11.3. The summed E-state index contributed by atoms with van der Waals surface area (Å²) in [7, 11) is 0. The van der Waals surface area contributed by atoms with Gasteiger partial charge in [0, 0.05) is 6.20 Å². The van der Waals surface area contributed by atoms with Crippen LogP contribution in [0.4, 0.5) is 11.8 Å². The highest BCUT2D eigenvalue weighted by atomic mass is 32.7. The minimum atomic E-state index is -4.30.